The molecule has 14 heavy (non-hydrogen) atoms. The summed E-state index contributed by atoms with van der Waals surface area (Å²) in [6.45, 7) is 0. The van der Waals surface area contributed by atoms with Crippen molar-refractivity contribution >= 4 is 12.2 Å². The van der Waals surface area contributed by atoms with E-state index in [1.165, 1.54) is 0 Å². The van der Waals surface area contributed by atoms with Crippen LogP contribution < -0.4 is 5.73 Å². The van der Waals surface area contributed by atoms with Crippen molar-refractivity contribution in [2.24, 2.45) is 5.73 Å². The highest BCUT2D eigenvalue weighted by Gasteiger charge is 2.26. The molecular formula is C11H11NO2. The summed E-state index contributed by atoms with van der Waals surface area (Å²) >= 11 is 0. The molecule has 0 saturated heterocycles. The predicted molar refractivity (Wildman–Crippen MR) is 52.1 cm³/mol. The molecule has 1 aromatic carbocycles. The molecule has 1 aliphatic rings. The molecule has 0 unspecified atom stereocenters. The lowest BCUT2D eigenvalue weighted by molar-refractivity contribution is -0.119. The first kappa shape index (κ1) is 8.94. The van der Waals surface area contributed by atoms with Gasteiger partial charge in [-0.05, 0) is 30.0 Å². The van der Waals surface area contributed by atoms with Crippen LogP contribution in [0.15, 0.2) is 18.2 Å². The molecule has 2 rings (SSSR count). The molecule has 0 saturated carbocycles. The first-order valence-corrected chi connectivity index (χ1v) is 4.59. The first-order chi connectivity index (χ1) is 6.72. The van der Waals surface area contributed by atoms with Crippen molar-refractivity contribution in [2.75, 3.05) is 0 Å². The number of fused-ring (bicyclic) bond motifs is 1. The summed E-state index contributed by atoms with van der Waals surface area (Å²) in [4.78, 5) is 21.6. The molecule has 0 aliphatic heterocycles. The maximum atomic E-state index is 11.1. The molecule has 1 amide bonds. The van der Waals surface area contributed by atoms with Gasteiger partial charge < -0.3 is 5.73 Å². The Morgan fingerprint density at radius 1 is 1.50 bits per heavy atom. The van der Waals surface area contributed by atoms with Crippen molar-refractivity contribution in [2.45, 2.75) is 18.8 Å². The number of amides is 1. The third-order valence-electron chi connectivity index (χ3n) is 2.72. The van der Waals surface area contributed by atoms with Gasteiger partial charge in [0.05, 0.1) is 5.92 Å². The van der Waals surface area contributed by atoms with Crippen molar-refractivity contribution < 1.29 is 9.59 Å². The smallest absolute Gasteiger partial charge is 0.224 e. The summed E-state index contributed by atoms with van der Waals surface area (Å²) in [5.41, 5.74) is 8.01. The monoisotopic (exact) mass is 189 g/mol. The Hall–Kier alpha value is -1.64. The predicted octanol–water partition coefficient (Wildman–Crippen LogP) is 1.01. The summed E-state index contributed by atoms with van der Waals surface area (Å²) in [7, 11) is 0. The highest BCUT2D eigenvalue weighted by Crippen LogP contribution is 2.32. The number of primary amides is 1. The zero-order valence-corrected chi connectivity index (χ0v) is 7.69. The van der Waals surface area contributed by atoms with Crippen LogP contribution in [0.1, 0.15) is 33.8 Å². The maximum absolute atomic E-state index is 11.1. The number of hydrogen-bond acceptors (Lipinski definition) is 2. The molecule has 2 N–H and O–H groups in total. The Bertz CT molecular complexity index is 398. The van der Waals surface area contributed by atoms with E-state index in [2.05, 4.69) is 0 Å². The minimum Gasteiger partial charge on any atom is -0.369 e. The molecule has 1 atom stereocenters. The van der Waals surface area contributed by atoms with E-state index >= 15 is 0 Å². The van der Waals surface area contributed by atoms with Gasteiger partial charge in [-0.3, -0.25) is 9.59 Å². The van der Waals surface area contributed by atoms with Gasteiger partial charge in [-0.25, -0.2) is 0 Å². The zero-order chi connectivity index (χ0) is 10.1. The second-order valence-electron chi connectivity index (χ2n) is 3.57. The Morgan fingerprint density at radius 3 is 2.93 bits per heavy atom. The van der Waals surface area contributed by atoms with Gasteiger partial charge in [0.2, 0.25) is 5.91 Å². The van der Waals surface area contributed by atoms with Gasteiger partial charge in [0.15, 0.2) is 0 Å². The van der Waals surface area contributed by atoms with Crippen molar-refractivity contribution in [3.05, 3.63) is 34.9 Å². The molecule has 0 heterocycles. The molecule has 0 spiro atoms. The van der Waals surface area contributed by atoms with Crippen LogP contribution in [-0.4, -0.2) is 12.2 Å². The van der Waals surface area contributed by atoms with Crippen LogP contribution in [0, 0.1) is 0 Å². The van der Waals surface area contributed by atoms with Crippen LogP contribution in [0.2, 0.25) is 0 Å². The summed E-state index contributed by atoms with van der Waals surface area (Å²) in [6.07, 6.45) is 2.43. The third kappa shape index (κ3) is 1.31. The standard InChI is InChI=1S/C11H11NO2/c12-11(14)10-4-2-8-5-7(6-13)1-3-9(8)10/h1,3,5-6,10H,2,4H2,(H2,12,14)/t10-/m1/s1. The second kappa shape index (κ2) is 3.25. The lowest BCUT2D eigenvalue weighted by Crippen LogP contribution is -2.19. The largest absolute Gasteiger partial charge is 0.369 e. The van der Waals surface area contributed by atoms with Gasteiger partial charge >= 0.3 is 0 Å². The number of benzene rings is 1. The Kier molecular flexibility index (Phi) is 2.08. The molecular weight excluding hydrogens is 178 g/mol. The fraction of sp³-hybridized carbons (Fsp3) is 0.273. The maximum Gasteiger partial charge on any atom is 0.224 e. The molecule has 1 aromatic rings. The van der Waals surface area contributed by atoms with Crippen LogP contribution >= 0.6 is 0 Å². The molecule has 72 valence electrons. The Labute approximate surface area is 81.9 Å². The van der Waals surface area contributed by atoms with Crippen molar-refractivity contribution in [1.82, 2.24) is 0 Å². The SMILES string of the molecule is NC(=O)[C@@H]1CCc2cc(C=O)ccc21. The summed E-state index contributed by atoms with van der Waals surface area (Å²) in [5, 5.41) is 0. The topological polar surface area (TPSA) is 60.2 Å². The highest BCUT2D eigenvalue weighted by molar-refractivity contribution is 5.84. The lowest BCUT2D eigenvalue weighted by atomic mass is 10.00. The van der Waals surface area contributed by atoms with E-state index in [-0.39, 0.29) is 11.8 Å². The molecule has 0 bridgehead atoms. The van der Waals surface area contributed by atoms with Gasteiger partial charge in [0, 0.05) is 5.56 Å². The van der Waals surface area contributed by atoms with E-state index in [1.54, 1.807) is 6.07 Å². The van der Waals surface area contributed by atoms with Crippen LogP contribution in [0.3, 0.4) is 0 Å². The fourth-order valence-electron chi connectivity index (χ4n) is 2.01. The Morgan fingerprint density at radius 2 is 2.29 bits per heavy atom. The third-order valence-corrected chi connectivity index (χ3v) is 2.72. The number of rotatable bonds is 2. The fourth-order valence-corrected chi connectivity index (χ4v) is 2.01. The number of aryl methyl sites for hydroxylation is 1. The highest BCUT2D eigenvalue weighted by atomic mass is 16.1. The number of aldehydes is 1. The first-order valence-electron chi connectivity index (χ1n) is 4.59. The average Bonchev–Trinajstić information content (AvgIpc) is 2.59. The molecule has 0 aromatic heterocycles. The number of carbonyl (C=O) groups excluding carboxylic acids is 2. The van der Waals surface area contributed by atoms with E-state index in [4.69, 9.17) is 5.73 Å². The van der Waals surface area contributed by atoms with Crippen molar-refractivity contribution in [3.8, 4) is 0 Å². The molecule has 3 nitrogen and oxygen atoms in total. The zero-order valence-electron chi connectivity index (χ0n) is 7.69. The van der Waals surface area contributed by atoms with Gasteiger partial charge in [0.1, 0.15) is 6.29 Å². The summed E-state index contributed by atoms with van der Waals surface area (Å²) in [6, 6.07) is 5.40. The van der Waals surface area contributed by atoms with E-state index in [9.17, 15) is 9.59 Å². The van der Waals surface area contributed by atoms with E-state index < -0.39 is 0 Å². The van der Waals surface area contributed by atoms with Gasteiger partial charge in [-0.1, -0.05) is 12.1 Å². The van der Waals surface area contributed by atoms with Crippen molar-refractivity contribution in [3.63, 3.8) is 0 Å². The van der Waals surface area contributed by atoms with Crippen LogP contribution in [0.25, 0.3) is 0 Å². The minimum absolute atomic E-state index is 0.161. The second-order valence-corrected chi connectivity index (χ2v) is 3.57. The summed E-state index contributed by atoms with van der Waals surface area (Å²) in [5.74, 6) is -0.437. The van der Waals surface area contributed by atoms with Gasteiger partial charge in [-0.15, -0.1) is 0 Å². The summed E-state index contributed by atoms with van der Waals surface area (Å²) < 4.78 is 0. The van der Waals surface area contributed by atoms with Gasteiger partial charge in [-0.2, -0.15) is 0 Å². The number of nitrogens with two attached hydrogens (primary N) is 1. The van der Waals surface area contributed by atoms with Gasteiger partial charge in [0.25, 0.3) is 0 Å². The minimum atomic E-state index is -0.275. The molecule has 0 radical (unpaired) electrons. The van der Waals surface area contributed by atoms with E-state index in [0.29, 0.717) is 5.56 Å². The lowest BCUT2D eigenvalue weighted by Gasteiger charge is -2.06. The van der Waals surface area contributed by atoms with E-state index in [1.807, 2.05) is 12.1 Å². The van der Waals surface area contributed by atoms with Crippen LogP contribution in [-0.2, 0) is 11.2 Å². The molecule has 3 heteroatoms. The molecule has 0 fully saturated rings. The molecule has 1 aliphatic carbocycles. The quantitative estimate of drug-likeness (QED) is 0.706. The Balaban J connectivity index is 2.43. The van der Waals surface area contributed by atoms with E-state index in [0.717, 1.165) is 30.3 Å². The number of hydrogen-bond donors (Lipinski definition) is 1. The van der Waals surface area contributed by atoms with Crippen LogP contribution in [0.5, 0.6) is 0 Å². The normalized spacial score (nSPS) is 19.0. The average molecular weight is 189 g/mol. The number of carbonyl (C=O) groups is 2. The van der Waals surface area contributed by atoms with Crippen LogP contribution in [0.4, 0.5) is 0 Å². The van der Waals surface area contributed by atoms with Crippen molar-refractivity contribution in [1.29, 1.82) is 0 Å².